The molecule has 0 radical (unpaired) electrons. The molecule has 1 N–H and O–H groups in total. The zero-order chi connectivity index (χ0) is 15.6. The summed E-state index contributed by atoms with van der Waals surface area (Å²) < 4.78 is 5.59. The van der Waals surface area contributed by atoms with Crippen molar-refractivity contribution in [2.45, 2.75) is 24.8 Å². The van der Waals surface area contributed by atoms with Gasteiger partial charge in [0.15, 0.2) is 0 Å². The molecule has 2 rings (SSSR count). The SMILES string of the molecule is CCCCOc1ccc(NC(=O)CSc2ccccn2)cc1. The zero-order valence-electron chi connectivity index (χ0n) is 12.6. The van der Waals surface area contributed by atoms with E-state index in [9.17, 15) is 4.79 Å². The van der Waals surface area contributed by atoms with E-state index in [4.69, 9.17) is 4.74 Å². The Morgan fingerprint density at radius 2 is 2.05 bits per heavy atom. The van der Waals surface area contributed by atoms with Crippen LogP contribution in [-0.4, -0.2) is 23.3 Å². The van der Waals surface area contributed by atoms with E-state index in [2.05, 4.69) is 17.2 Å². The van der Waals surface area contributed by atoms with Crippen LogP contribution in [0.5, 0.6) is 5.75 Å². The van der Waals surface area contributed by atoms with Crippen LogP contribution in [0.3, 0.4) is 0 Å². The van der Waals surface area contributed by atoms with E-state index in [0.717, 1.165) is 35.9 Å². The molecule has 0 saturated heterocycles. The fourth-order valence-electron chi connectivity index (χ4n) is 1.74. The van der Waals surface area contributed by atoms with Crippen LogP contribution in [-0.2, 0) is 4.79 Å². The quantitative estimate of drug-likeness (QED) is 0.591. The minimum absolute atomic E-state index is 0.0460. The first kappa shape index (κ1) is 16.4. The first-order valence-corrected chi connectivity index (χ1v) is 8.33. The molecule has 0 fully saturated rings. The van der Waals surface area contributed by atoms with Gasteiger partial charge in [-0.1, -0.05) is 31.2 Å². The van der Waals surface area contributed by atoms with Gasteiger partial charge in [0.1, 0.15) is 5.75 Å². The second-order valence-corrected chi connectivity index (χ2v) is 5.73. The average molecular weight is 316 g/mol. The van der Waals surface area contributed by atoms with Crippen molar-refractivity contribution in [3.05, 3.63) is 48.7 Å². The first-order chi connectivity index (χ1) is 10.8. The number of pyridine rings is 1. The molecule has 4 nitrogen and oxygen atoms in total. The third-order valence-electron chi connectivity index (χ3n) is 2.89. The topological polar surface area (TPSA) is 51.2 Å². The highest BCUT2D eigenvalue weighted by molar-refractivity contribution is 7.99. The molecular formula is C17H20N2O2S. The summed E-state index contributed by atoms with van der Waals surface area (Å²) >= 11 is 1.42. The number of amides is 1. The summed E-state index contributed by atoms with van der Waals surface area (Å²) in [6.45, 7) is 2.86. The Morgan fingerprint density at radius 1 is 1.23 bits per heavy atom. The van der Waals surface area contributed by atoms with Gasteiger partial charge >= 0.3 is 0 Å². The number of ether oxygens (including phenoxy) is 1. The number of anilines is 1. The number of rotatable bonds is 8. The zero-order valence-corrected chi connectivity index (χ0v) is 13.4. The molecule has 0 aliphatic carbocycles. The van der Waals surface area contributed by atoms with Gasteiger partial charge in [-0.2, -0.15) is 0 Å². The fourth-order valence-corrected chi connectivity index (χ4v) is 2.40. The van der Waals surface area contributed by atoms with E-state index in [-0.39, 0.29) is 5.91 Å². The molecule has 0 aliphatic rings. The number of carbonyl (C=O) groups excluding carboxylic acids is 1. The van der Waals surface area contributed by atoms with Gasteiger partial charge in [-0.15, -0.1) is 0 Å². The van der Waals surface area contributed by atoms with Crippen molar-refractivity contribution in [3.63, 3.8) is 0 Å². The molecule has 0 aliphatic heterocycles. The van der Waals surface area contributed by atoms with Crippen molar-refractivity contribution in [2.24, 2.45) is 0 Å². The monoisotopic (exact) mass is 316 g/mol. The van der Waals surface area contributed by atoms with Gasteiger partial charge in [-0.25, -0.2) is 4.98 Å². The van der Waals surface area contributed by atoms with E-state index < -0.39 is 0 Å². The summed E-state index contributed by atoms with van der Waals surface area (Å²) in [6.07, 6.45) is 3.88. The molecule has 1 heterocycles. The molecule has 116 valence electrons. The predicted octanol–water partition coefficient (Wildman–Crippen LogP) is 3.99. The van der Waals surface area contributed by atoms with Crippen LogP contribution in [0.1, 0.15) is 19.8 Å². The average Bonchev–Trinajstić information content (AvgIpc) is 2.56. The maximum atomic E-state index is 11.9. The Morgan fingerprint density at radius 3 is 2.73 bits per heavy atom. The molecule has 1 amide bonds. The lowest BCUT2D eigenvalue weighted by Gasteiger charge is -2.08. The number of carbonyl (C=O) groups is 1. The molecule has 22 heavy (non-hydrogen) atoms. The van der Waals surface area contributed by atoms with Crippen molar-refractivity contribution >= 4 is 23.4 Å². The second-order valence-electron chi connectivity index (χ2n) is 4.73. The van der Waals surface area contributed by atoms with Crippen LogP contribution in [0.4, 0.5) is 5.69 Å². The van der Waals surface area contributed by atoms with Gasteiger partial charge in [0, 0.05) is 11.9 Å². The van der Waals surface area contributed by atoms with Crippen molar-refractivity contribution < 1.29 is 9.53 Å². The van der Waals surface area contributed by atoms with Gasteiger partial charge in [0.05, 0.1) is 17.4 Å². The number of nitrogens with zero attached hydrogens (tertiary/aromatic N) is 1. The summed E-state index contributed by atoms with van der Waals surface area (Å²) in [5.74, 6) is 1.12. The molecule has 0 unspecified atom stereocenters. The highest BCUT2D eigenvalue weighted by Crippen LogP contribution is 2.18. The minimum atomic E-state index is -0.0460. The van der Waals surface area contributed by atoms with Gasteiger partial charge in [-0.05, 0) is 42.8 Å². The van der Waals surface area contributed by atoms with Crippen LogP contribution in [0, 0.1) is 0 Å². The molecule has 1 aromatic heterocycles. The smallest absolute Gasteiger partial charge is 0.234 e. The molecular weight excluding hydrogens is 296 g/mol. The van der Waals surface area contributed by atoms with Gasteiger partial charge < -0.3 is 10.1 Å². The standard InChI is InChI=1S/C17H20N2O2S/c1-2-3-12-21-15-9-7-14(8-10-15)19-16(20)13-22-17-6-4-5-11-18-17/h4-11H,2-3,12-13H2,1H3,(H,19,20). The summed E-state index contributed by atoms with van der Waals surface area (Å²) in [5, 5.41) is 3.71. The number of unbranched alkanes of at least 4 members (excludes halogenated alkanes) is 1. The van der Waals surface area contributed by atoms with E-state index in [1.807, 2.05) is 42.5 Å². The Bertz CT molecular complexity index is 573. The number of hydrogen-bond acceptors (Lipinski definition) is 4. The van der Waals surface area contributed by atoms with Crippen molar-refractivity contribution in [3.8, 4) is 5.75 Å². The molecule has 5 heteroatoms. The largest absolute Gasteiger partial charge is 0.494 e. The Labute approximate surface area is 135 Å². The summed E-state index contributed by atoms with van der Waals surface area (Å²) in [5.41, 5.74) is 0.773. The third-order valence-corrected chi connectivity index (χ3v) is 3.84. The number of benzene rings is 1. The van der Waals surface area contributed by atoms with Crippen LogP contribution in [0.25, 0.3) is 0 Å². The summed E-state index contributed by atoms with van der Waals surface area (Å²) in [6, 6.07) is 13.1. The van der Waals surface area contributed by atoms with Crippen LogP contribution >= 0.6 is 11.8 Å². The van der Waals surface area contributed by atoms with E-state index in [1.54, 1.807) is 6.20 Å². The number of aromatic nitrogens is 1. The van der Waals surface area contributed by atoms with Crippen LogP contribution < -0.4 is 10.1 Å². The third kappa shape index (κ3) is 5.77. The Hall–Kier alpha value is -2.01. The Balaban J connectivity index is 1.76. The minimum Gasteiger partial charge on any atom is -0.494 e. The first-order valence-electron chi connectivity index (χ1n) is 7.34. The molecule has 0 atom stereocenters. The lowest BCUT2D eigenvalue weighted by atomic mass is 10.3. The molecule has 2 aromatic rings. The molecule has 0 bridgehead atoms. The van der Waals surface area contributed by atoms with E-state index in [0.29, 0.717) is 5.75 Å². The number of nitrogens with one attached hydrogen (secondary N) is 1. The van der Waals surface area contributed by atoms with Crippen LogP contribution in [0.15, 0.2) is 53.7 Å². The second kappa shape index (κ2) is 9.10. The normalized spacial score (nSPS) is 10.2. The van der Waals surface area contributed by atoms with Crippen LogP contribution in [0.2, 0.25) is 0 Å². The maximum absolute atomic E-state index is 11.9. The van der Waals surface area contributed by atoms with Gasteiger partial charge in [0.25, 0.3) is 0 Å². The number of hydrogen-bond donors (Lipinski definition) is 1. The molecule has 0 saturated carbocycles. The highest BCUT2D eigenvalue weighted by atomic mass is 32.2. The number of thioether (sulfide) groups is 1. The van der Waals surface area contributed by atoms with Gasteiger partial charge in [0.2, 0.25) is 5.91 Å². The molecule has 0 spiro atoms. The van der Waals surface area contributed by atoms with Gasteiger partial charge in [-0.3, -0.25) is 4.79 Å². The fraction of sp³-hybridized carbons (Fsp3) is 0.294. The maximum Gasteiger partial charge on any atom is 0.234 e. The predicted molar refractivity (Wildman–Crippen MR) is 90.4 cm³/mol. The Kier molecular flexibility index (Phi) is 6.77. The highest BCUT2D eigenvalue weighted by Gasteiger charge is 2.04. The van der Waals surface area contributed by atoms with E-state index >= 15 is 0 Å². The molecule has 1 aromatic carbocycles. The van der Waals surface area contributed by atoms with E-state index in [1.165, 1.54) is 11.8 Å². The summed E-state index contributed by atoms with van der Waals surface area (Å²) in [7, 11) is 0. The summed E-state index contributed by atoms with van der Waals surface area (Å²) in [4.78, 5) is 16.1. The van der Waals surface area contributed by atoms with Crippen molar-refractivity contribution in [2.75, 3.05) is 17.7 Å². The lowest BCUT2D eigenvalue weighted by molar-refractivity contribution is -0.113. The van der Waals surface area contributed by atoms with Crippen molar-refractivity contribution in [1.82, 2.24) is 4.98 Å². The lowest BCUT2D eigenvalue weighted by Crippen LogP contribution is -2.14. The van der Waals surface area contributed by atoms with Crippen molar-refractivity contribution in [1.29, 1.82) is 0 Å².